The van der Waals surface area contributed by atoms with Crippen molar-refractivity contribution >= 4 is 29.0 Å². The zero-order valence-electron chi connectivity index (χ0n) is 13.1. The molecule has 0 saturated carbocycles. The first-order chi connectivity index (χ1) is 11.1. The van der Waals surface area contributed by atoms with Gasteiger partial charge in [0.2, 0.25) is 5.91 Å². The number of nitrogens with one attached hydrogen (secondary N) is 1. The highest BCUT2D eigenvalue weighted by molar-refractivity contribution is 8.00. The number of carbonyl (C=O) groups is 1. The molecule has 2 aromatic rings. The standard InChI is InChI=1S/C18H21NO2S2/c1-12(15(20)11-13-5-3-2-4-6-13)19-18(21)17-14-7-9-22-16(14)8-10-23-17/h2-7,9,12,15,17,20H,8,10-11H2,1H3,(H,19,21). The Hall–Kier alpha value is -1.30. The summed E-state index contributed by atoms with van der Waals surface area (Å²) in [5.41, 5.74) is 2.22. The van der Waals surface area contributed by atoms with Crippen LogP contribution in [0.25, 0.3) is 0 Å². The Morgan fingerprint density at radius 3 is 2.91 bits per heavy atom. The van der Waals surface area contributed by atoms with E-state index < -0.39 is 6.10 Å². The van der Waals surface area contributed by atoms with Crippen LogP contribution in [0.5, 0.6) is 0 Å². The molecule has 1 aromatic heterocycles. The molecule has 3 nitrogen and oxygen atoms in total. The number of thiophene rings is 1. The molecule has 0 aliphatic carbocycles. The minimum Gasteiger partial charge on any atom is -0.391 e. The van der Waals surface area contributed by atoms with Crippen LogP contribution >= 0.6 is 23.1 Å². The highest BCUT2D eigenvalue weighted by Crippen LogP contribution is 2.39. The number of hydrogen-bond acceptors (Lipinski definition) is 4. The van der Waals surface area contributed by atoms with Gasteiger partial charge in [0.05, 0.1) is 12.1 Å². The highest BCUT2D eigenvalue weighted by Gasteiger charge is 2.29. The van der Waals surface area contributed by atoms with Gasteiger partial charge in [-0.3, -0.25) is 4.79 Å². The summed E-state index contributed by atoms with van der Waals surface area (Å²) in [4.78, 5) is 13.9. The second kappa shape index (κ2) is 7.51. The summed E-state index contributed by atoms with van der Waals surface area (Å²) < 4.78 is 0. The molecule has 2 heterocycles. The average Bonchev–Trinajstić information content (AvgIpc) is 3.04. The van der Waals surface area contributed by atoms with Gasteiger partial charge in [0.1, 0.15) is 5.25 Å². The minimum absolute atomic E-state index is 0.00830. The number of amides is 1. The molecular weight excluding hydrogens is 326 g/mol. The van der Waals surface area contributed by atoms with Gasteiger partial charge < -0.3 is 10.4 Å². The van der Waals surface area contributed by atoms with Gasteiger partial charge in [-0.15, -0.1) is 23.1 Å². The molecule has 0 spiro atoms. The van der Waals surface area contributed by atoms with Crippen molar-refractivity contribution < 1.29 is 9.90 Å². The van der Waals surface area contributed by atoms with E-state index in [1.54, 1.807) is 23.1 Å². The predicted octanol–water partition coefficient (Wildman–Crippen LogP) is 3.19. The molecular formula is C18H21NO2S2. The van der Waals surface area contributed by atoms with Crippen molar-refractivity contribution in [1.82, 2.24) is 5.32 Å². The summed E-state index contributed by atoms with van der Waals surface area (Å²) in [7, 11) is 0. The monoisotopic (exact) mass is 347 g/mol. The quantitative estimate of drug-likeness (QED) is 0.873. The fourth-order valence-electron chi connectivity index (χ4n) is 2.79. The van der Waals surface area contributed by atoms with Crippen molar-refractivity contribution in [2.45, 2.75) is 37.2 Å². The van der Waals surface area contributed by atoms with E-state index in [0.717, 1.165) is 23.3 Å². The first kappa shape index (κ1) is 16.6. The van der Waals surface area contributed by atoms with Gasteiger partial charge in [0, 0.05) is 11.3 Å². The predicted molar refractivity (Wildman–Crippen MR) is 97.0 cm³/mol. The lowest BCUT2D eigenvalue weighted by molar-refractivity contribution is -0.122. The van der Waals surface area contributed by atoms with Crippen molar-refractivity contribution in [1.29, 1.82) is 0 Å². The summed E-state index contributed by atoms with van der Waals surface area (Å²) in [6, 6.07) is 11.6. The summed E-state index contributed by atoms with van der Waals surface area (Å²) in [6.45, 7) is 1.87. The normalized spacial score (nSPS) is 19.7. The third-order valence-electron chi connectivity index (χ3n) is 4.15. The average molecular weight is 348 g/mol. The lowest BCUT2D eigenvalue weighted by Gasteiger charge is -2.26. The number of fused-ring (bicyclic) bond motifs is 1. The van der Waals surface area contributed by atoms with E-state index in [2.05, 4.69) is 16.8 Å². The first-order valence-electron chi connectivity index (χ1n) is 7.85. The van der Waals surface area contributed by atoms with Crippen molar-refractivity contribution in [2.75, 3.05) is 5.75 Å². The number of hydrogen-bond donors (Lipinski definition) is 2. The largest absolute Gasteiger partial charge is 0.391 e. The van der Waals surface area contributed by atoms with Gasteiger partial charge in [-0.05, 0) is 41.7 Å². The van der Waals surface area contributed by atoms with E-state index >= 15 is 0 Å². The molecule has 0 fully saturated rings. The molecule has 1 aromatic carbocycles. The Balaban J connectivity index is 1.60. The van der Waals surface area contributed by atoms with Crippen LogP contribution in [-0.2, 0) is 17.6 Å². The number of aliphatic hydroxyl groups excluding tert-OH is 1. The Bertz CT molecular complexity index is 656. The van der Waals surface area contributed by atoms with E-state index in [4.69, 9.17) is 0 Å². The summed E-state index contributed by atoms with van der Waals surface area (Å²) in [6.07, 6.45) is 1.01. The van der Waals surface area contributed by atoms with Crippen molar-refractivity contribution in [3.63, 3.8) is 0 Å². The maximum atomic E-state index is 12.6. The molecule has 5 heteroatoms. The lowest BCUT2D eigenvalue weighted by atomic mass is 10.0. The molecule has 3 rings (SSSR count). The highest BCUT2D eigenvalue weighted by atomic mass is 32.2. The van der Waals surface area contributed by atoms with Crippen LogP contribution in [0.1, 0.15) is 28.2 Å². The fourth-order valence-corrected chi connectivity index (χ4v) is 5.09. The van der Waals surface area contributed by atoms with Crippen LogP contribution in [0.4, 0.5) is 0 Å². The molecule has 2 N–H and O–H groups in total. The molecule has 1 aliphatic rings. The Morgan fingerprint density at radius 2 is 2.13 bits per heavy atom. The van der Waals surface area contributed by atoms with Gasteiger partial charge in [0.25, 0.3) is 0 Å². The maximum absolute atomic E-state index is 12.6. The zero-order chi connectivity index (χ0) is 16.2. The van der Waals surface area contributed by atoms with Crippen LogP contribution in [-0.4, -0.2) is 28.9 Å². The van der Waals surface area contributed by atoms with Crippen molar-refractivity contribution in [2.24, 2.45) is 0 Å². The Morgan fingerprint density at radius 1 is 1.35 bits per heavy atom. The molecule has 3 unspecified atom stereocenters. The summed E-state index contributed by atoms with van der Waals surface area (Å²) in [5.74, 6) is 0.987. The smallest absolute Gasteiger partial charge is 0.237 e. The second-order valence-electron chi connectivity index (χ2n) is 5.85. The number of rotatable bonds is 5. The number of aliphatic hydroxyl groups is 1. The fraction of sp³-hybridized carbons (Fsp3) is 0.389. The van der Waals surface area contributed by atoms with E-state index in [0.29, 0.717) is 6.42 Å². The first-order valence-corrected chi connectivity index (χ1v) is 9.78. The van der Waals surface area contributed by atoms with Crippen LogP contribution < -0.4 is 5.32 Å². The number of aryl methyl sites for hydroxylation is 1. The number of carbonyl (C=O) groups excluding carboxylic acids is 1. The van der Waals surface area contributed by atoms with Gasteiger partial charge in [-0.1, -0.05) is 30.3 Å². The molecule has 1 amide bonds. The van der Waals surface area contributed by atoms with Crippen LogP contribution in [0.3, 0.4) is 0 Å². The lowest BCUT2D eigenvalue weighted by Crippen LogP contribution is -2.44. The molecule has 23 heavy (non-hydrogen) atoms. The molecule has 3 atom stereocenters. The number of thioether (sulfide) groups is 1. The SMILES string of the molecule is CC(NC(=O)C1SCCc2sccc21)C(O)Cc1ccccc1. The topological polar surface area (TPSA) is 49.3 Å². The molecule has 0 radical (unpaired) electrons. The Labute approximate surface area is 145 Å². The third kappa shape index (κ3) is 3.97. The van der Waals surface area contributed by atoms with Crippen molar-refractivity contribution in [3.8, 4) is 0 Å². The van der Waals surface area contributed by atoms with E-state index in [1.165, 1.54) is 4.88 Å². The van der Waals surface area contributed by atoms with E-state index in [9.17, 15) is 9.90 Å². The molecule has 122 valence electrons. The van der Waals surface area contributed by atoms with Crippen molar-refractivity contribution in [3.05, 3.63) is 57.8 Å². The van der Waals surface area contributed by atoms with Gasteiger partial charge >= 0.3 is 0 Å². The zero-order valence-corrected chi connectivity index (χ0v) is 14.7. The Kier molecular flexibility index (Phi) is 5.41. The summed E-state index contributed by atoms with van der Waals surface area (Å²) in [5, 5.41) is 15.3. The maximum Gasteiger partial charge on any atom is 0.237 e. The van der Waals surface area contributed by atoms with Gasteiger partial charge in [-0.2, -0.15) is 0 Å². The molecule has 0 bridgehead atoms. The van der Waals surface area contributed by atoms with E-state index in [1.807, 2.05) is 37.3 Å². The third-order valence-corrected chi connectivity index (χ3v) is 6.39. The second-order valence-corrected chi connectivity index (χ2v) is 8.07. The minimum atomic E-state index is -0.586. The number of benzene rings is 1. The van der Waals surface area contributed by atoms with Crippen LogP contribution in [0, 0.1) is 0 Å². The van der Waals surface area contributed by atoms with Crippen LogP contribution in [0.15, 0.2) is 41.8 Å². The van der Waals surface area contributed by atoms with E-state index in [-0.39, 0.29) is 17.2 Å². The van der Waals surface area contributed by atoms with Gasteiger partial charge in [0.15, 0.2) is 0 Å². The summed E-state index contributed by atoms with van der Waals surface area (Å²) >= 11 is 3.42. The van der Waals surface area contributed by atoms with Gasteiger partial charge in [-0.25, -0.2) is 0 Å². The molecule has 0 saturated heterocycles. The molecule has 1 aliphatic heterocycles. The van der Waals surface area contributed by atoms with Crippen LogP contribution in [0.2, 0.25) is 0 Å².